The molecule has 0 aromatic heterocycles. The Bertz CT molecular complexity index is 665. The summed E-state index contributed by atoms with van der Waals surface area (Å²) < 4.78 is 24.4. The van der Waals surface area contributed by atoms with Crippen molar-refractivity contribution in [3.63, 3.8) is 0 Å². The first-order valence-electron chi connectivity index (χ1n) is 6.04. The first-order chi connectivity index (χ1) is 9.65. The van der Waals surface area contributed by atoms with Crippen molar-refractivity contribution in [3.05, 3.63) is 47.8 Å². The largest absolute Gasteiger partial charge is 0.492 e. The zero-order valence-corrected chi connectivity index (χ0v) is 10.9. The van der Waals surface area contributed by atoms with Gasteiger partial charge in [-0.05, 0) is 31.2 Å². The Morgan fingerprint density at radius 1 is 1.25 bits per heavy atom. The van der Waals surface area contributed by atoms with Crippen molar-refractivity contribution in [1.82, 2.24) is 0 Å². The minimum atomic E-state index is -0.635. The van der Waals surface area contributed by atoms with E-state index < -0.39 is 5.82 Å². The Balaban J connectivity index is 2.28. The summed E-state index contributed by atoms with van der Waals surface area (Å²) in [6, 6.07) is 10.9. The van der Waals surface area contributed by atoms with Gasteiger partial charge in [-0.1, -0.05) is 6.07 Å². The smallest absolute Gasteiger partial charge is 0.154 e. The fourth-order valence-corrected chi connectivity index (χ4v) is 1.67. The van der Waals surface area contributed by atoms with Gasteiger partial charge in [-0.25, -0.2) is 4.39 Å². The first kappa shape index (κ1) is 13.7. The van der Waals surface area contributed by atoms with Crippen LogP contribution in [0.25, 0.3) is 0 Å². The average molecular weight is 272 g/mol. The molecule has 0 saturated heterocycles. The standard InChI is InChI=1S/C15H13FN2O2/c1-2-19-13-4-3-5-14(15(13)18)20-11-7-6-10(9-17)12(16)8-11/h3-8H,2,18H2,1H3. The summed E-state index contributed by atoms with van der Waals surface area (Å²) in [6.07, 6.45) is 0. The second-order valence-corrected chi connectivity index (χ2v) is 3.96. The number of hydrogen-bond donors (Lipinski definition) is 1. The third-order valence-electron chi connectivity index (χ3n) is 2.61. The second kappa shape index (κ2) is 5.93. The number of ether oxygens (including phenoxy) is 2. The second-order valence-electron chi connectivity index (χ2n) is 3.96. The van der Waals surface area contributed by atoms with Crippen molar-refractivity contribution < 1.29 is 13.9 Å². The number of nitrogens with two attached hydrogens (primary N) is 1. The highest BCUT2D eigenvalue weighted by molar-refractivity contribution is 5.63. The van der Waals surface area contributed by atoms with E-state index in [2.05, 4.69) is 0 Å². The normalized spacial score (nSPS) is 9.85. The molecule has 5 heteroatoms. The molecule has 0 aliphatic carbocycles. The van der Waals surface area contributed by atoms with Crippen molar-refractivity contribution in [3.8, 4) is 23.3 Å². The highest BCUT2D eigenvalue weighted by Gasteiger charge is 2.09. The molecule has 2 rings (SSSR count). The van der Waals surface area contributed by atoms with Gasteiger partial charge in [-0.3, -0.25) is 0 Å². The van der Waals surface area contributed by atoms with E-state index in [9.17, 15) is 4.39 Å². The van der Waals surface area contributed by atoms with Crippen LogP contribution in [0.4, 0.5) is 10.1 Å². The van der Waals surface area contributed by atoms with Gasteiger partial charge in [0.15, 0.2) is 5.75 Å². The lowest BCUT2D eigenvalue weighted by molar-refractivity contribution is 0.340. The Hall–Kier alpha value is -2.74. The minimum absolute atomic E-state index is 0.0339. The van der Waals surface area contributed by atoms with Gasteiger partial charge in [0.25, 0.3) is 0 Å². The zero-order valence-electron chi connectivity index (χ0n) is 10.9. The van der Waals surface area contributed by atoms with Crippen LogP contribution in [-0.4, -0.2) is 6.61 Å². The number of hydrogen-bond acceptors (Lipinski definition) is 4. The summed E-state index contributed by atoms with van der Waals surface area (Å²) in [5.74, 6) is 0.519. The maximum atomic E-state index is 13.5. The van der Waals surface area contributed by atoms with E-state index in [1.54, 1.807) is 24.3 Å². The van der Waals surface area contributed by atoms with Crippen LogP contribution in [0.1, 0.15) is 12.5 Å². The molecular formula is C15H13FN2O2. The number of para-hydroxylation sites is 1. The molecule has 0 fully saturated rings. The lowest BCUT2D eigenvalue weighted by atomic mass is 10.2. The van der Waals surface area contributed by atoms with Crippen molar-refractivity contribution in [1.29, 1.82) is 5.26 Å². The lowest BCUT2D eigenvalue weighted by Crippen LogP contribution is -1.99. The summed E-state index contributed by atoms with van der Waals surface area (Å²) in [5, 5.41) is 8.67. The maximum absolute atomic E-state index is 13.5. The van der Waals surface area contributed by atoms with E-state index in [1.807, 2.05) is 6.92 Å². The van der Waals surface area contributed by atoms with Gasteiger partial charge in [0.2, 0.25) is 0 Å². The summed E-state index contributed by atoms with van der Waals surface area (Å²) in [7, 11) is 0. The van der Waals surface area contributed by atoms with Gasteiger partial charge in [0.05, 0.1) is 12.2 Å². The molecule has 0 bridgehead atoms. The number of benzene rings is 2. The van der Waals surface area contributed by atoms with E-state index in [-0.39, 0.29) is 11.3 Å². The molecule has 4 nitrogen and oxygen atoms in total. The summed E-state index contributed by atoms with van der Waals surface area (Å²) in [4.78, 5) is 0. The van der Waals surface area contributed by atoms with E-state index in [4.69, 9.17) is 20.5 Å². The van der Waals surface area contributed by atoms with Gasteiger partial charge in [0.1, 0.15) is 29.1 Å². The van der Waals surface area contributed by atoms with Gasteiger partial charge >= 0.3 is 0 Å². The predicted molar refractivity (Wildman–Crippen MR) is 73.2 cm³/mol. The maximum Gasteiger partial charge on any atom is 0.154 e. The van der Waals surface area contributed by atoms with Crippen molar-refractivity contribution in [2.45, 2.75) is 6.92 Å². The predicted octanol–water partition coefficient (Wildman–Crippen LogP) is 3.47. The monoisotopic (exact) mass is 272 g/mol. The van der Waals surface area contributed by atoms with Crippen LogP contribution < -0.4 is 15.2 Å². The molecule has 0 heterocycles. The summed E-state index contributed by atoms with van der Waals surface area (Å²) >= 11 is 0. The van der Waals surface area contributed by atoms with Gasteiger partial charge < -0.3 is 15.2 Å². The Morgan fingerprint density at radius 3 is 2.65 bits per heavy atom. The summed E-state index contributed by atoms with van der Waals surface area (Å²) in [5.41, 5.74) is 6.23. The SMILES string of the molecule is CCOc1cccc(Oc2ccc(C#N)c(F)c2)c1N. The minimum Gasteiger partial charge on any atom is -0.492 e. The average Bonchev–Trinajstić information content (AvgIpc) is 2.44. The zero-order chi connectivity index (χ0) is 14.5. The van der Waals surface area contributed by atoms with Crippen LogP contribution in [0.5, 0.6) is 17.2 Å². The molecule has 0 saturated carbocycles. The van der Waals surface area contributed by atoms with Crippen molar-refractivity contribution in [2.24, 2.45) is 0 Å². The Morgan fingerprint density at radius 2 is 2.00 bits per heavy atom. The highest BCUT2D eigenvalue weighted by atomic mass is 19.1. The Kier molecular flexibility index (Phi) is 4.06. The van der Waals surface area contributed by atoms with Crippen LogP contribution >= 0.6 is 0 Å². The molecular weight excluding hydrogens is 259 g/mol. The molecule has 0 amide bonds. The van der Waals surface area contributed by atoms with Crippen molar-refractivity contribution >= 4 is 5.69 Å². The van der Waals surface area contributed by atoms with Crippen LogP contribution in [0.15, 0.2) is 36.4 Å². The number of anilines is 1. The lowest BCUT2D eigenvalue weighted by Gasteiger charge is -2.12. The molecule has 2 N–H and O–H groups in total. The van der Waals surface area contributed by atoms with E-state index in [0.29, 0.717) is 23.8 Å². The fourth-order valence-electron chi connectivity index (χ4n) is 1.67. The quantitative estimate of drug-likeness (QED) is 0.865. The van der Waals surface area contributed by atoms with Crippen LogP contribution in [0, 0.1) is 17.1 Å². The molecule has 0 unspecified atom stereocenters. The number of halogens is 1. The Labute approximate surface area is 116 Å². The van der Waals surface area contributed by atoms with E-state index in [0.717, 1.165) is 6.07 Å². The third kappa shape index (κ3) is 2.81. The van der Waals surface area contributed by atoms with Gasteiger partial charge in [-0.2, -0.15) is 5.26 Å². The number of nitrogens with zero attached hydrogens (tertiary/aromatic N) is 1. The van der Waals surface area contributed by atoms with Crippen LogP contribution in [0.3, 0.4) is 0 Å². The topological polar surface area (TPSA) is 68.3 Å². The van der Waals surface area contributed by atoms with E-state index >= 15 is 0 Å². The number of nitriles is 1. The molecule has 0 aliphatic heterocycles. The third-order valence-corrected chi connectivity index (χ3v) is 2.61. The number of nitrogen functional groups attached to an aromatic ring is 1. The molecule has 0 radical (unpaired) electrons. The van der Waals surface area contributed by atoms with Gasteiger partial charge in [0, 0.05) is 6.07 Å². The molecule has 2 aromatic carbocycles. The van der Waals surface area contributed by atoms with E-state index in [1.165, 1.54) is 12.1 Å². The fraction of sp³-hybridized carbons (Fsp3) is 0.133. The summed E-state index contributed by atoms with van der Waals surface area (Å²) in [6.45, 7) is 2.34. The molecule has 0 spiro atoms. The molecule has 102 valence electrons. The first-order valence-corrected chi connectivity index (χ1v) is 6.04. The molecule has 0 aliphatic rings. The number of rotatable bonds is 4. The van der Waals surface area contributed by atoms with Crippen LogP contribution in [-0.2, 0) is 0 Å². The van der Waals surface area contributed by atoms with Crippen molar-refractivity contribution in [2.75, 3.05) is 12.3 Å². The van der Waals surface area contributed by atoms with Crippen LogP contribution in [0.2, 0.25) is 0 Å². The molecule has 2 aromatic rings. The van der Waals surface area contributed by atoms with Gasteiger partial charge in [-0.15, -0.1) is 0 Å². The molecule has 20 heavy (non-hydrogen) atoms. The highest BCUT2D eigenvalue weighted by Crippen LogP contribution is 2.34. The molecule has 0 atom stereocenters.